The number of halogens is 1. The van der Waals surface area contributed by atoms with E-state index in [9.17, 15) is 0 Å². The van der Waals surface area contributed by atoms with Crippen LogP contribution in [-0.4, -0.2) is 19.1 Å². The summed E-state index contributed by atoms with van der Waals surface area (Å²) in [6.07, 6.45) is 3.19. The highest BCUT2D eigenvalue weighted by Gasteiger charge is 2.14. The number of rotatable bonds is 8. The molecule has 1 aromatic carbocycles. The van der Waals surface area contributed by atoms with E-state index in [-0.39, 0.29) is 6.04 Å². The Bertz CT molecular complexity index is 406. The Morgan fingerprint density at radius 1 is 1.20 bits per heavy atom. The fraction of sp³-hybridized carbons (Fsp3) is 0.647. The summed E-state index contributed by atoms with van der Waals surface area (Å²) < 4.78 is 1.14. The summed E-state index contributed by atoms with van der Waals surface area (Å²) in [5, 5.41) is 0. The zero-order valence-corrected chi connectivity index (χ0v) is 14.9. The SMILES string of the molecule is CCC(C)CN(CC)c1cc(Br)ccc1CC(N)CC. The van der Waals surface area contributed by atoms with Gasteiger partial charge in [0.15, 0.2) is 0 Å². The molecule has 0 fully saturated rings. The summed E-state index contributed by atoms with van der Waals surface area (Å²) in [5.41, 5.74) is 8.86. The van der Waals surface area contributed by atoms with Crippen LogP contribution in [-0.2, 0) is 6.42 Å². The molecule has 2 nitrogen and oxygen atoms in total. The first-order chi connectivity index (χ1) is 9.51. The van der Waals surface area contributed by atoms with Crippen LogP contribution in [0.4, 0.5) is 5.69 Å². The van der Waals surface area contributed by atoms with Crippen molar-refractivity contribution in [3.63, 3.8) is 0 Å². The van der Waals surface area contributed by atoms with Crippen LogP contribution in [0.15, 0.2) is 22.7 Å². The van der Waals surface area contributed by atoms with Crippen molar-refractivity contribution in [3.8, 4) is 0 Å². The fourth-order valence-corrected chi connectivity index (χ4v) is 2.68. The van der Waals surface area contributed by atoms with Gasteiger partial charge < -0.3 is 10.6 Å². The van der Waals surface area contributed by atoms with Crippen molar-refractivity contribution in [1.29, 1.82) is 0 Å². The van der Waals surface area contributed by atoms with Crippen LogP contribution in [0.2, 0.25) is 0 Å². The number of anilines is 1. The van der Waals surface area contributed by atoms with E-state index in [1.54, 1.807) is 0 Å². The van der Waals surface area contributed by atoms with Crippen LogP contribution in [0.25, 0.3) is 0 Å². The van der Waals surface area contributed by atoms with Crippen LogP contribution in [0.3, 0.4) is 0 Å². The van der Waals surface area contributed by atoms with Gasteiger partial charge in [0.25, 0.3) is 0 Å². The molecule has 114 valence electrons. The van der Waals surface area contributed by atoms with Gasteiger partial charge in [0, 0.05) is 29.3 Å². The minimum absolute atomic E-state index is 0.247. The van der Waals surface area contributed by atoms with Gasteiger partial charge >= 0.3 is 0 Å². The van der Waals surface area contributed by atoms with Crippen LogP contribution in [0.1, 0.15) is 46.1 Å². The number of nitrogens with two attached hydrogens (primary N) is 1. The second-order valence-corrected chi connectivity index (χ2v) is 6.61. The first kappa shape index (κ1) is 17.5. The molecule has 0 saturated heterocycles. The first-order valence-electron chi connectivity index (χ1n) is 7.80. The van der Waals surface area contributed by atoms with Gasteiger partial charge in [-0.2, -0.15) is 0 Å². The predicted molar refractivity (Wildman–Crippen MR) is 93.5 cm³/mol. The van der Waals surface area contributed by atoms with E-state index in [1.165, 1.54) is 17.7 Å². The standard InChI is InChI=1S/C17H29BrN2/c1-5-13(4)12-20(7-3)17-11-15(18)9-8-14(17)10-16(19)6-2/h8-9,11,13,16H,5-7,10,12,19H2,1-4H3. The number of nitrogens with zero attached hydrogens (tertiary/aromatic N) is 1. The van der Waals surface area contributed by atoms with Crippen molar-refractivity contribution >= 4 is 21.6 Å². The zero-order chi connectivity index (χ0) is 15.1. The molecule has 20 heavy (non-hydrogen) atoms. The molecule has 2 N–H and O–H groups in total. The molecule has 0 saturated carbocycles. The maximum absolute atomic E-state index is 6.15. The monoisotopic (exact) mass is 340 g/mol. The van der Waals surface area contributed by atoms with Crippen molar-refractivity contribution in [2.75, 3.05) is 18.0 Å². The molecule has 0 amide bonds. The second kappa shape index (κ2) is 8.68. The van der Waals surface area contributed by atoms with Crippen LogP contribution in [0.5, 0.6) is 0 Å². The van der Waals surface area contributed by atoms with Gasteiger partial charge in [-0.25, -0.2) is 0 Å². The number of hydrogen-bond acceptors (Lipinski definition) is 2. The Morgan fingerprint density at radius 3 is 2.45 bits per heavy atom. The Hall–Kier alpha value is -0.540. The quantitative estimate of drug-likeness (QED) is 0.749. The molecule has 2 unspecified atom stereocenters. The molecule has 2 atom stereocenters. The molecule has 0 heterocycles. The summed E-state index contributed by atoms with van der Waals surface area (Å²) in [6.45, 7) is 11.1. The predicted octanol–water partition coefficient (Wildman–Crippen LogP) is 4.60. The molecule has 0 bridgehead atoms. The smallest absolute Gasteiger partial charge is 0.0410 e. The molecule has 0 radical (unpaired) electrons. The second-order valence-electron chi connectivity index (χ2n) is 5.70. The van der Waals surface area contributed by atoms with Gasteiger partial charge in [-0.1, -0.05) is 49.2 Å². The third kappa shape index (κ3) is 5.10. The molecular formula is C17H29BrN2. The number of benzene rings is 1. The van der Waals surface area contributed by atoms with E-state index < -0.39 is 0 Å². The topological polar surface area (TPSA) is 29.3 Å². The van der Waals surface area contributed by atoms with Gasteiger partial charge in [-0.05, 0) is 43.4 Å². The average Bonchev–Trinajstić information content (AvgIpc) is 2.46. The molecule has 0 aromatic heterocycles. The summed E-state index contributed by atoms with van der Waals surface area (Å²) in [6, 6.07) is 6.83. The summed E-state index contributed by atoms with van der Waals surface area (Å²) in [4.78, 5) is 2.48. The van der Waals surface area contributed by atoms with E-state index in [4.69, 9.17) is 5.73 Å². The van der Waals surface area contributed by atoms with E-state index >= 15 is 0 Å². The van der Waals surface area contributed by atoms with Crippen molar-refractivity contribution in [2.24, 2.45) is 11.7 Å². The van der Waals surface area contributed by atoms with Crippen molar-refractivity contribution in [2.45, 2.75) is 53.0 Å². The van der Waals surface area contributed by atoms with Gasteiger partial charge in [-0.3, -0.25) is 0 Å². The van der Waals surface area contributed by atoms with E-state index in [1.807, 2.05) is 0 Å². The Kier molecular flexibility index (Phi) is 7.60. The largest absolute Gasteiger partial charge is 0.371 e. The van der Waals surface area contributed by atoms with Crippen LogP contribution in [0, 0.1) is 5.92 Å². The molecular weight excluding hydrogens is 312 g/mol. The lowest BCUT2D eigenvalue weighted by Gasteiger charge is -2.29. The highest BCUT2D eigenvalue weighted by molar-refractivity contribution is 9.10. The van der Waals surface area contributed by atoms with Crippen molar-refractivity contribution in [1.82, 2.24) is 0 Å². The van der Waals surface area contributed by atoms with Crippen molar-refractivity contribution in [3.05, 3.63) is 28.2 Å². The van der Waals surface area contributed by atoms with Gasteiger partial charge in [0.05, 0.1) is 0 Å². The van der Waals surface area contributed by atoms with Gasteiger partial charge in [0.1, 0.15) is 0 Å². The van der Waals surface area contributed by atoms with Crippen molar-refractivity contribution < 1.29 is 0 Å². The maximum Gasteiger partial charge on any atom is 0.0410 e. The van der Waals surface area contributed by atoms with E-state index in [2.05, 4.69) is 66.7 Å². The lowest BCUT2D eigenvalue weighted by molar-refractivity contribution is 0.546. The normalized spacial score (nSPS) is 14.1. The Balaban J connectivity index is 3.01. The Labute approximate surface area is 132 Å². The lowest BCUT2D eigenvalue weighted by Crippen LogP contribution is -2.30. The molecule has 0 spiro atoms. The molecule has 0 aliphatic carbocycles. The average molecular weight is 341 g/mol. The third-order valence-electron chi connectivity index (χ3n) is 4.01. The summed E-state index contributed by atoms with van der Waals surface area (Å²) in [5.74, 6) is 0.710. The maximum atomic E-state index is 6.15. The van der Waals surface area contributed by atoms with Gasteiger partial charge in [0.2, 0.25) is 0 Å². The highest BCUT2D eigenvalue weighted by Crippen LogP contribution is 2.27. The molecule has 1 rings (SSSR count). The van der Waals surface area contributed by atoms with E-state index in [0.29, 0.717) is 5.92 Å². The third-order valence-corrected chi connectivity index (χ3v) is 4.50. The minimum Gasteiger partial charge on any atom is -0.371 e. The van der Waals surface area contributed by atoms with E-state index in [0.717, 1.165) is 30.4 Å². The fourth-order valence-electron chi connectivity index (χ4n) is 2.33. The Morgan fingerprint density at radius 2 is 1.90 bits per heavy atom. The minimum atomic E-state index is 0.247. The lowest BCUT2D eigenvalue weighted by atomic mass is 10.0. The van der Waals surface area contributed by atoms with Crippen LogP contribution >= 0.6 is 15.9 Å². The summed E-state index contributed by atoms with van der Waals surface area (Å²) >= 11 is 3.60. The molecule has 0 aliphatic heterocycles. The highest BCUT2D eigenvalue weighted by atomic mass is 79.9. The zero-order valence-electron chi connectivity index (χ0n) is 13.3. The molecule has 1 aromatic rings. The molecule has 0 aliphatic rings. The molecule has 3 heteroatoms. The van der Waals surface area contributed by atoms with Crippen LogP contribution < -0.4 is 10.6 Å². The summed E-state index contributed by atoms with van der Waals surface area (Å²) in [7, 11) is 0. The number of hydrogen-bond donors (Lipinski definition) is 1. The van der Waals surface area contributed by atoms with Gasteiger partial charge in [-0.15, -0.1) is 0 Å². The first-order valence-corrected chi connectivity index (χ1v) is 8.59.